The first-order valence-electron chi connectivity index (χ1n) is 6.77. The Hall–Kier alpha value is -1.37. The van der Waals surface area contributed by atoms with Gasteiger partial charge in [0.15, 0.2) is 9.84 Å². The lowest BCUT2D eigenvalue weighted by atomic mass is 10.1. The van der Waals surface area contributed by atoms with Crippen LogP contribution < -0.4 is 0 Å². The maximum absolute atomic E-state index is 12.2. The second-order valence-corrected chi connectivity index (χ2v) is 7.92. The SMILES string of the molecule is Cc1cnn([C@H]2CCCN(C(=O)[C@H](C)S(C)(=O)=O)C2)c1. The molecule has 1 fully saturated rings. The lowest BCUT2D eigenvalue weighted by molar-refractivity contribution is -0.132. The van der Waals surface area contributed by atoms with Crippen molar-refractivity contribution in [3.8, 4) is 0 Å². The number of amides is 1. The first kappa shape index (κ1) is 15.0. The van der Waals surface area contributed by atoms with Gasteiger partial charge in [0, 0.05) is 25.5 Å². The van der Waals surface area contributed by atoms with Gasteiger partial charge in [0.2, 0.25) is 5.91 Å². The van der Waals surface area contributed by atoms with E-state index >= 15 is 0 Å². The summed E-state index contributed by atoms with van der Waals surface area (Å²) in [7, 11) is -3.34. The quantitative estimate of drug-likeness (QED) is 0.827. The van der Waals surface area contributed by atoms with Gasteiger partial charge in [-0.3, -0.25) is 9.48 Å². The average Bonchev–Trinajstić information content (AvgIpc) is 2.83. The Morgan fingerprint density at radius 2 is 2.20 bits per heavy atom. The maximum Gasteiger partial charge on any atom is 0.240 e. The first-order chi connectivity index (χ1) is 9.29. The van der Waals surface area contributed by atoms with E-state index in [4.69, 9.17) is 0 Å². The largest absolute Gasteiger partial charge is 0.339 e. The standard InChI is InChI=1S/C13H21N3O3S/c1-10-7-14-16(8-10)12-5-4-6-15(9-12)13(17)11(2)20(3,18)19/h7-8,11-12H,4-6,9H2,1-3H3/t11-,12-/m0/s1. The number of aromatic nitrogens is 2. The van der Waals surface area contributed by atoms with Crippen LogP contribution in [-0.4, -0.2) is 53.6 Å². The molecule has 1 aromatic rings. The smallest absolute Gasteiger partial charge is 0.240 e. The fraction of sp³-hybridized carbons (Fsp3) is 0.692. The summed E-state index contributed by atoms with van der Waals surface area (Å²) in [6, 6.07) is 0.133. The van der Waals surface area contributed by atoms with Crippen molar-refractivity contribution in [1.82, 2.24) is 14.7 Å². The van der Waals surface area contributed by atoms with E-state index in [1.807, 2.05) is 17.8 Å². The van der Waals surface area contributed by atoms with Crippen LogP contribution in [-0.2, 0) is 14.6 Å². The molecule has 6 nitrogen and oxygen atoms in total. The summed E-state index contributed by atoms with van der Waals surface area (Å²) in [5.41, 5.74) is 1.08. The van der Waals surface area contributed by atoms with Gasteiger partial charge < -0.3 is 4.90 Å². The Balaban J connectivity index is 2.09. The number of hydrogen-bond acceptors (Lipinski definition) is 4. The molecule has 0 radical (unpaired) electrons. The molecule has 1 saturated heterocycles. The van der Waals surface area contributed by atoms with Crippen molar-refractivity contribution in [1.29, 1.82) is 0 Å². The number of nitrogens with zero attached hydrogens (tertiary/aromatic N) is 3. The molecule has 0 aliphatic carbocycles. The van der Waals surface area contributed by atoms with Crippen molar-refractivity contribution in [2.24, 2.45) is 0 Å². The fourth-order valence-electron chi connectivity index (χ4n) is 2.44. The number of sulfone groups is 1. The van der Waals surface area contributed by atoms with E-state index in [0.717, 1.165) is 24.7 Å². The number of carbonyl (C=O) groups is 1. The molecule has 1 aromatic heterocycles. The summed E-state index contributed by atoms with van der Waals surface area (Å²) in [5.74, 6) is -0.305. The normalized spacial score (nSPS) is 21.8. The van der Waals surface area contributed by atoms with Gasteiger partial charge in [0.1, 0.15) is 5.25 Å². The van der Waals surface area contributed by atoms with E-state index in [2.05, 4.69) is 5.10 Å². The molecule has 0 unspecified atom stereocenters. The molecule has 2 rings (SSSR count). The summed E-state index contributed by atoms with van der Waals surface area (Å²) in [6.45, 7) is 4.58. The van der Waals surface area contributed by atoms with Crippen LogP contribution in [0.2, 0.25) is 0 Å². The van der Waals surface area contributed by atoms with Crippen molar-refractivity contribution in [2.45, 2.75) is 38.0 Å². The third kappa shape index (κ3) is 3.20. The summed E-state index contributed by atoms with van der Waals surface area (Å²) in [5, 5.41) is 3.32. The Bertz CT molecular complexity index is 594. The predicted octanol–water partition coefficient (Wildman–Crippen LogP) is 0.788. The van der Waals surface area contributed by atoms with Crippen LogP contribution in [0.15, 0.2) is 12.4 Å². The number of rotatable bonds is 3. The molecule has 2 heterocycles. The minimum atomic E-state index is -3.34. The van der Waals surface area contributed by atoms with E-state index in [9.17, 15) is 13.2 Å². The van der Waals surface area contributed by atoms with Crippen LogP contribution in [0.5, 0.6) is 0 Å². The van der Waals surface area contributed by atoms with E-state index in [1.54, 1.807) is 11.1 Å². The molecule has 1 amide bonds. The highest BCUT2D eigenvalue weighted by Gasteiger charge is 2.32. The monoisotopic (exact) mass is 299 g/mol. The molecule has 1 aliphatic heterocycles. The summed E-state index contributed by atoms with van der Waals surface area (Å²) >= 11 is 0. The summed E-state index contributed by atoms with van der Waals surface area (Å²) in [6.07, 6.45) is 6.68. The Labute approximate surface area is 119 Å². The van der Waals surface area contributed by atoms with Crippen LogP contribution in [0.4, 0.5) is 0 Å². The van der Waals surface area contributed by atoms with Crippen LogP contribution in [0.1, 0.15) is 31.4 Å². The molecule has 1 aliphatic rings. The molecule has 20 heavy (non-hydrogen) atoms. The van der Waals surface area contributed by atoms with Crippen molar-refractivity contribution in [3.63, 3.8) is 0 Å². The molecule has 0 N–H and O–H groups in total. The third-order valence-electron chi connectivity index (χ3n) is 3.80. The average molecular weight is 299 g/mol. The summed E-state index contributed by atoms with van der Waals surface area (Å²) < 4.78 is 24.9. The van der Waals surface area contributed by atoms with Crippen LogP contribution in [0.25, 0.3) is 0 Å². The molecular formula is C13H21N3O3S. The second kappa shape index (κ2) is 5.55. The second-order valence-electron chi connectivity index (χ2n) is 5.55. The molecule has 2 atom stereocenters. The Morgan fingerprint density at radius 1 is 1.50 bits per heavy atom. The van der Waals surface area contributed by atoms with Crippen LogP contribution >= 0.6 is 0 Å². The van der Waals surface area contributed by atoms with Crippen LogP contribution in [0.3, 0.4) is 0 Å². The zero-order valence-electron chi connectivity index (χ0n) is 12.1. The Kier molecular flexibility index (Phi) is 4.17. The van der Waals surface area contributed by atoms with Gasteiger partial charge in [0.05, 0.1) is 12.2 Å². The minimum Gasteiger partial charge on any atom is -0.339 e. The van der Waals surface area contributed by atoms with Gasteiger partial charge in [-0.25, -0.2) is 8.42 Å². The topological polar surface area (TPSA) is 72.3 Å². The zero-order chi connectivity index (χ0) is 14.9. The predicted molar refractivity (Wildman–Crippen MR) is 76.1 cm³/mol. The highest BCUT2D eigenvalue weighted by Crippen LogP contribution is 2.22. The molecule has 0 spiro atoms. The maximum atomic E-state index is 12.2. The number of aryl methyl sites for hydroxylation is 1. The first-order valence-corrected chi connectivity index (χ1v) is 8.73. The van der Waals surface area contributed by atoms with Gasteiger partial charge >= 0.3 is 0 Å². The number of likely N-dealkylation sites (tertiary alicyclic amines) is 1. The van der Waals surface area contributed by atoms with Gasteiger partial charge in [0.25, 0.3) is 0 Å². The van der Waals surface area contributed by atoms with E-state index < -0.39 is 15.1 Å². The van der Waals surface area contributed by atoms with Crippen molar-refractivity contribution in [3.05, 3.63) is 18.0 Å². The molecule has 7 heteroatoms. The summed E-state index contributed by atoms with van der Waals surface area (Å²) in [4.78, 5) is 13.9. The van der Waals surface area contributed by atoms with Gasteiger partial charge in [-0.2, -0.15) is 5.10 Å². The van der Waals surface area contributed by atoms with E-state index in [-0.39, 0.29) is 11.9 Å². The van der Waals surface area contributed by atoms with Gasteiger partial charge in [-0.05, 0) is 32.3 Å². The molecule has 112 valence electrons. The third-order valence-corrected chi connectivity index (χ3v) is 5.29. The fourth-order valence-corrected chi connectivity index (χ4v) is 2.96. The number of hydrogen-bond donors (Lipinski definition) is 0. The van der Waals surface area contributed by atoms with Crippen LogP contribution in [0, 0.1) is 6.92 Å². The Morgan fingerprint density at radius 3 is 2.75 bits per heavy atom. The minimum absolute atomic E-state index is 0.133. The zero-order valence-corrected chi connectivity index (χ0v) is 12.9. The van der Waals surface area contributed by atoms with Gasteiger partial charge in [-0.15, -0.1) is 0 Å². The molecule has 0 saturated carbocycles. The van der Waals surface area contributed by atoms with Crippen molar-refractivity contribution in [2.75, 3.05) is 19.3 Å². The highest BCUT2D eigenvalue weighted by molar-refractivity contribution is 7.92. The van der Waals surface area contributed by atoms with Crippen molar-refractivity contribution < 1.29 is 13.2 Å². The van der Waals surface area contributed by atoms with Gasteiger partial charge in [-0.1, -0.05) is 0 Å². The molecular weight excluding hydrogens is 278 g/mol. The van der Waals surface area contributed by atoms with E-state index in [0.29, 0.717) is 13.1 Å². The lowest BCUT2D eigenvalue weighted by Gasteiger charge is -2.34. The molecule has 0 bridgehead atoms. The number of piperidine rings is 1. The lowest BCUT2D eigenvalue weighted by Crippen LogP contribution is -2.46. The van der Waals surface area contributed by atoms with E-state index in [1.165, 1.54) is 6.92 Å². The number of carbonyl (C=O) groups excluding carboxylic acids is 1. The molecule has 0 aromatic carbocycles. The van der Waals surface area contributed by atoms with Crippen molar-refractivity contribution >= 4 is 15.7 Å². The highest BCUT2D eigenvalue weighted by atomic mass is 32.2.